The Hall–Kier alpha value is -1.03. The van der Waals surface area contributed by atoms with Gasteiger partial charge in [0.1, 0.15) is 0 Å². The second-order valence-electron chi connectivity index (χ2n) is 3.37. The lowest BCUT2D eigenvalue weighted by atomic mass is 10.1. The van der Waals surface area contributed by atoms with Crippen molar-refractivity contribution in [3.05, 3.63) is 29.3 Å². The summed E-state index contributed by atoms with van der Waals surface area (Å²) >= 11 is 0. The summed E-state index contributed by atoms with van der Waals surface area (Å²) in [5.74, 6) is 0. The van der Waals surface area contributed by atoms with Crippen LogP contribution < -0.4 is 4.72 Å². The first-order chi connectivity index (χ1) is 6.42. The van der Waals surface area contributed by atoms with E-state index >= 15 is 0 Å². The zero-order chi connectivity index (χ0) is 10.8. The van der Waals surface area contributed by atoms with Gasteiger partial charge in [0.25, 0.3) is 0 Å². The fraction of sp³-hybridized carbons (Fsp3) is 0.400. The molecule has 0 amide bonds. The van der Waals surface area contributed by atoms with Crippen molar-refractivity contribution in [2.75, 3.05) is 11.0 Å². The van der Waals surface area contributed by atoms with Gasteiger partial charge in [-0.3, -0.25) is 4.72 Å². The van der Waals surface area contributed by atoms with E-state index in [1.807, 2.05) is 26.0 Å². The standard InChI is InChI=1S/C10H15NO2S/c1-4-9-7-10(6-5-8(9)2)11-14(3,12)13/h5-7,11H,4H2,1-3H3. The molecular weight excluding hydrogens is 198 g/mol. The molecule has 0 aliphatic heterocycles. The van der Waals surface area contributed by atoms with E-state index in [0.29, 0.717) is 5.69 Å². The molecule has 0 atom stereocenters. The Balaban J connectivity index is 3.01. The molecule has 0 aliphatic carbocycles. The number of anilines is 1. The molecule has 0 bridgehead atoms. The molecule has 0 saturated heterocycles. The lowest BCUT2D eigenvalue weighted by molar-refractivity contribution is 0.607. The Morgan fingerprint density at radius 3 is 2.50 bits per heavy atom. The van der Waals surface area contributed by atoms with E-state index in [-0.39, 0.29) is 0 Å². The maximum atomic E-state index is 11.0. The average molecular weight is 213 g/mol. The van der Waals surface area contributed by atoms with Crippen LogP contribution in [0, 0.1) is 6.92 Å². The fourth-order valence-electron chi connectivity index (χ4n) is 1.33. The molecule has 0 unspecified atom stereocenters. The molecule has 0 aromatic heterocycles. The number of hydrogen-bond donors (Lipinski definition) is 1. The van der Waals surface area contributed by atoms with Crippen molar-refractivity contribution in [1.29, 1.82) is 0 Å². The maximum absolute atomic E-state index is 11.0. The van der Waals surface area contributed by atoms with Gasteiger partial charge in [0.15, 0.2) is 0 Å². The van der Waals surface area contributed by atoms with Crippen LogP contribution in [0.4, 0.5) is 5.69 Å². The van der Waals surface area contributed by atoms with Crippen LogP contribution in [-0.4, -0.2) is 14.7 Å². The molecule has 1 aromatic carbocycles. The first kappa shape index (κ1) is 11.0. The second-order valence-corrected chi connectivity index (χ2v) is 5.12. The van der Waals surface area contributed by atoms with Crippen LogP contribution in [0.25, 0.3) is 0 Å². The molecule has 1 N–H and O–H groups in total. The highest BCUT2D eigenvalue weighted by atomic mass is 32.2. The van der Waals surface area contributed by atoms with E-state index in [0.717, 1.165) is 12.7 Å². The average Bonchev–Trinajstić information content (AvgIpc) is 2.06. The summed E-state index contributed by atoms with van der Waals surface area (Å²) in [5.41, 5.74) is 2.99. The molecule has 3 nitrogen and oxygen atoms in total. The van der Waals surface area contributed by atoms with E-state index in [1.54, 1.807) is 6.07 Å². The number of sulfonamides is 1. The smallest absolute Gasteiger partial charge is 0.229 e. The topological polar surface area (TPSA) is 46.2 Å². The summed E-state index contributed by atoms with van der Waals surface area (Å²) in [7, 11) is -3.17. The maximum Gasteiger partial charge on any atom is 0.229 e. The Morgan fingerprint density at radius 1 is 1.36 bits per heavy atom. The van der Waals surface area contributed by atoms with Crippen molar-refractivity contribution in [1.82, 2.24) is 0 Å². The van der Waals surface area contributed by atoms with Gasteiger partial charge in [-0.2, -0.15) is 0 Å². The monoisotopic (exact) mass is 213 g/mol. The summed E-state index contributed by atoms with van der Waals surface area (Å²) in [6.07, 6.45) is 2.06. The van der Waals surface area contributed by atoms with E-state index in [2.05, 4.69) is 4.72 Å². The van der Waals surface area contributed by atoms with Gasteiger partial charge in [-0.25, -0.2) is 8.42 Å². The van der Waals surface area contributed by atoms with Crippen LogP contribution in [0.15, 0.2) is 18.2 Å². The molecule has 1 rings (SSSR count). The van der Waals surface area contributed by atoms with Gasteiger partial charge >= 0.3 is 0 Å². The van der Waals surface area contributed by atoms with Gasteiger partial charge in [-0.05, 0) is 36.6 Å². The second kappa shape index (κ2) is 4.00. The third kappa shape index (κ3) is 3.03. The largest absolute Gasteiger partial charge is 0.284 e. The summed E-state index contributed by atoms with van der Waals surface area (Å²) in [6, 6.07) is 5.57. The predicted molar refractivity (Wildman–Crippen MR) is 59.0 cm³/mol. The molecule has 14 heavy (non-hydrogen) atoms. The Labute approximate surface area is 85.2 Å². The van der Waals surface area contributed by atoms with Crippen molar-refractivity contribution in [2.45, 2.75) is 20.3 Å². The Bertz CT molecular complexity index is 424. The van der Waals surface area contributed by atoms with Gasteiger partial charge in [0.05, 0.1) is 6.26 Å². The fourth-order valence-corrected chi connectivity index (χ4v) is 1.89. The number of rotatable bonds is 3. The molecule has 0 saturated carbocycles. The zero-order valence-corrected chi connectivity index (χ0v) is 9.48. The highest BCUT2D eigenvalue weighted by Gasteiger charge is 2.03. The molecule has 0 spiro atoms. The van der Waals surface area contributed by atoms with Gasteiger partial charge in [0.2, 0.25) is 10.0 Å². The highest BCUT2D eigenvalue weighted by molar-refractivity contribution is 7.92. The first-order valence-corrected chi connectivity index (χ1v) is 6.39. The van der Waals surface area contributed by atoms with Crippen LogP contribution >= 0.6 is 0 Å². The third-order valence-electron chi connectivity index (χ3n) is 2.03. The van der Waals surface area contributed by atoms with Crippen LogP contribution in [0.1, 0.15) is 18.1 Å². The summed E-state index contributed by atoms with van der Waals surface area (Å²) < 4.78 is 24.4. The lowest BCUT2D eigenvalue weighted by Gasteiger charge is -2.07. The van der Waals surface area contributed by atoms with Crippen LogP contribution in [0.2, 0.25) is 0 Å². The van der Waals surface area contributed by atoms with Crippen molar-refractivity contribution >= 4 is 15.7 Å². The molecule has 0 aliphatic rings. The van der Waals surface area contributed by atoms with Crippen LogP contribution in [0.3, 0.4) is 0 Å². The first-order valence-electron chi connectivity index (χ1n) is 4.49. The number of benzene rings is 1. The van der Waals surface area contributed by atoms with E-state index in [9.17, 15) is 8.42 Å². The molecule has 0 radical (unpaired) electrons. The molecule has 78 valence electrons. The Kier molecular flexibility index (Phi) is 3.16. The predicted octanol–water partition coefficient (Wildman–Crippen LogP) is 1.93. The van der Waals surface area contributed by atoms with Crippen molar-refractivity contribution < 1.29 is 8.42 Å². The summed E-state index contributed by atoms with van der Waals surface area (Å²) in [6.45, 7) is 4.07. The van der Waals surface area contributed by atoms with E-state index < -0.39 is 10.0 Å². The zero-order valence-electron chi connectivity index (χ0n) is 8.66. The van der Waals surface area contributed by atoms with E-state index in [1.165, 1.54) is 11.1 Å². The quantitative estimate of drug-likeness (QED) is 0.834. The van der Waals surface area contributed by atoms with Crippen molar-refractivity contribution in [2.24, 2.45) is 0 Å². The van der Waals surface area contributed by atoms with E-state index in [4.69, 9.17) is 0 Å². The third-order valence-corrected chi connectivity index (χ3v) is 2.64. The summed E-state index contributed by atoms with van der Waals surface area (Å²) in [5, 5.41) is 0. The van der Waals surface area contributed by atoms with Crippen LogP contribution in [-0.2, 0) is 16.4 Å². The SMILES string of the molecule is CCc1cc(NS(C)(=O)=O)ccc1C. The molecule has 4 heteroatoms. The van der Waals surface area contributed by atoms with Crippen molar-refractivity contribution in [3.63, 3.8) is 0 Å². The molecule has 1 aromatic rings. The highest BCUT2D eigenvalue weighted by Crippen LogP contribution is 2.16. The van der Waals surface area contributed by atoms with Crippen molar-refractivity contribution in [3.8, 4) is 0 Å². The molecule has 0 fully saturated rings. The van der Waals surface area contributed by atoms with Gasteiger partial charge in [-0.1, -0.05) is 13.0 Å². The minimum absolute atomic E-state index is 0.634. The Morgan fingerprint density at radius 2 is 2.00 bits per heavy atom. The minimum Gasteiger partial charge on any atom is -0.284 e. The lowest BCUT2D eigenvalue weighted by Crippen LogP contribution is -2.09. The van der Waals surface area contributed by atoms with Gasteiger partial charge in [-0.15, -0.1) is 0 Å². The summed E-state index contributed by atoms with van der Waals surface area (Å²) in [4.78, 5) is 0. The number of nitrogens with one attached hydrogen (secondary N) is 1. The minimum atomic E-state index is -3.17. The molecule has 0 heterocycles. The number of aryl methyl sites for hydroxylation is 2. The van der Waals surface area contributed by atoms with Crippen LogP contribution in [0.5, 0.6) is 0 Å². The van der Waals surface area contributed by atoms with Gasteiger partial charge < -0.3 is 0 Å². The molecular formula is C10H15NO2S. The van der Waals surface area contributed by atoms with Gasteiger partial charge in [0, 0.05) is 5.69 Å². The number of hydrogen-bond acceptors (Lipinski definition) is 2. The normalized spacial score (nSPS) is 11.4.